The quantitative estimate of drug-likeness (QED) is 0.141. The van der Waals surface area contributed by atoms with E-state index in [-0.39, 0.29) is 6.10 Å². The van der Waals surface area contributed by atoms with E-state index in [1.165, 1.54) is 21.5 Å². The Morgan fingerprint density at radius 3 is 1.63 bits per heavy atom. The van der Waals surface area contributed by atoms with Crippen LogP contribution < -0.4 is 20.7 Å². The molecule has 2 unspecified atom stereocenters. The van der Waals surface area contributed by atoms with Crippen LogP contribution in [0, 0.1) is 0 Å². The molecule has 0 aliphatic carbocycles. The summed E-state index contributed by atoms with van der Waals surface area (Å²) in [5.41, 5.74) is 1.18. The summed E-state index contributed by atoms with van der Waals surface area (Å²) in [6, 6.07) is 41.1. The molecule has 0 N–H and O–H groups in total. The second-order valence-electron chi connectivity index (χ2n) is 10.2. The number of rotatable bonds is 13. The SMILES string of the molecule is CCCC(CCCC(C)F)Oc1ccccc1CP(Br)(c1ccccc1)(c1ccccc1)c1ccccc1. The standard InChI is InChI=1S/C34H39BrFOP/c1-3-16-30(19-15-17-28(2)36)37-34-26-14-13-18-29(34)27-38(35,31-20-7-4-8-21-31,32-22-9-5-10-23-32)33-24-11-6-12-25-33/h4-14,18,20-26,28,30H,3,15-17,19,27H2,1-2H3. The molecule has 0 radical (unpaired) electrons. The van der Waals surface area contributed by atoms with Crippen LogP contribution in [0.2, 0.25) is 0 Å². The van der Waals surface area contributed by atoms with Crippen molar-refractivity contribution in [1.29, 1.82) is 0 Å². The third kappa shape index (κ3) is 6.22. The van der Waals surface area contributed by atoms with Crippen molar-refractivity contribution < 1.29 is 9.13 Å². The number of benzene rings is 4. The fraction of sp³-hybridized carbons (Fsp3) is 0.294. The molecule has 0 fully saturated rings. The third-order valence-electron chi connectivity index (χ3n) is 7.36. The van der Waals surface area contributed by atoms with Crippen LogP contribution in [0.15, 0.2) is 115 Å². The van der Waals surface area contributed by atoms with Crippen molar-refractivity contribution in [3.05, 3.63) is 121 Å². The monoisotopic (exact) mass is 592 g/mol. The summed E-state index contributed by atoms with van der Waals surface area (Å²) in [4.78, 5) is 0. The summed E-state index contributed by atoms with van der Waals surface area (Å²) in [6.45, 7) is 3.83. The summed E-state index contributed by atoms with van der Waals surface area (Å²) in [7, 11) is 0. The van der Waals surface area contributed by atoms with Crippen LogP contribution >= 0.6 is 20.8 Å². The van der Waals surface area contributed by atoms with Gasteiger partial charge in [-0.15, -0.1) is 0 Å². The van der Waals surface area contributed by atoms with Crippen molar-refractivity contribution in [3.63, 3.8) is 0 Å². The van der Waals surface area contributed by atoms with E-state index in [0.29, 0.717) is 6.42 Å². The Morgan fingerprint density at radius 2 is 1.16 bits per heavy atom. The maximum absolute atomic E-state index is 13.5. The number of para-hydroxylation sites is 1. The molecule has 0 aromatic heterocycles. The Morgan fingerprint density at radius 1 is 0.684 bits per heavy atom. The first-order chi connectivity index (χ1) is 18.4. The van der Waals surface area contributed by atoms with Crippen molar-refractivity contribution in [2.75, 3.05) is 0 Å². The van der Waals surface area contributed by atoms with Gasteiger partial charge in [0.1, 0.15) is 0 Å². The molecule has 0 saturated carbocycles. The maximum atomic E-state index is 13.5. The zero-order valence-electron chi connectivity index (χ0n) is 22.5. The van der Waals surface area contributed by atoms with Gasteiger partial charge < -0.3 is 0 Å². The molecule has 0 saturated heterocycles. The fourth-order valence-corrected chi connectivity index (χ4v) is 13.1. The van der Waals surface area contributed by atoms with E-state index in [0.717, 1.165) is 37.6 Å². The topological polar surface area (TPSA) is 9.23 Å². The first-order valence-electron chi connectivity index (χ1n) is 13.7. The number of hydrogen-bond acceptors (Lipinski definition) is 1. The van der Waals surface area contributed by atoms with Gasteiger partial charge in [-0.1, -0.05) is 0 Å². The van der Waals surface area contributed by atoms with Crippen LogP contribution in [0.25, 0.3) is 0 Å². The van der Waals surface area contributed by atoms with Gasteiger partial charge in [-0.2, -0.15) is 0 Å². The average molecular weight is 594 g/mol. The summed E-state index contributed by atoms with van der Waals surface area (Å²) >= 11 is 4.58. The molecule has 38 heavy (non-hydrogen) atoms. The molecule has 4 aromatic rings. The van der Waals surface area contributed by atoms with Crippen LogP contribution in [0.4, 0.5) is 4.39 Å². The molecule has 0 spiro atoms. The van der Waals surface area contributed by atoms with E-state index in [1.807, 2.05) is 0 Å². The Labute approximate surface area is 236 Å². The third-order valence-corrected chi connectivity index (χ3v) is 16.9. The zero-order chi connectivity index (χ0) is 26.9. The van der Waals surface area contributed by atoms with E-state index in [9.17, 15) is 4.39 Å². The van der Waals surface area contributed by atoms with Crippen LogP contribution in [0.3, 0.4) is 0 Å². The minimum atomic E-state index is -3.15. The molecule has 0 aliphatic heterocycles. The van der Waals surface area contributed by atoms with Gasteiger partial charge in [0, 0.05) is 0 Å². The Hall–Kier alpha value is -2.48. The van der Waals surface area contributed by atoms with Gasteiger partial charge >= 0.3 is 237 Å². The molecule has 0 bridgehead atoms. The molecule has 0 amide bonds. The van der Waals surface area contributed by atoms with Crippen molar-refractivity contribution in [1.82, 2.24) is 0 Å². The second kappa shape index (κ2) is 13.0. The zero-order valence-corrected chi connectivity index (χ0v) is 25.0. The van der Waals surface area contributed by atoms with Gasteiger partial charge in [-0.25, -0.2) is 0 Å². The van der Waals surface area contributed by atoms with E-state index in [1.54, 1.807) is 6.92 Å². The number of alkyl halides is 1. The van der Waals surface area contributed by atoms with Gasteiger partial charge in [-0.05, 0) is 0 Å². The predicted molar refractivity (Wildman–Crippen MR) is 168 cm³/mol. The first kappa shape index (κ1) is 28.5. The molecule has 4 heteroatoms. The van der Waals surface area contributed by atoms with E-state index < -0.39 is 11.5 Å². The molecular formula is C34H39BrFOP. The van der Waals surface area contributed by atoms with Gasteiger partial charge in [0.15, 0.2) is 0 Å². The molecule has 0 aliphatic rings. The van der Waals surface area contributed by atoms with E-state index in [4.69, 9.17) is 4.74 Å². The summed E-state index contributed by atoms with van der Waals surface area (Å²) in [6.07, 6.45) is 4.36. The van der Waals surface area contributed by atoms with Crippen molar-refractivity contribution >= 4 is 36.7 Å². The normalized spacial score (nSPS) is 14.3. The Kier molecular flexibility index (Phi) is 9.80. The van der Waals surface area contributed by atoms with Crippen molar-refractivity contribution in [2.24, 2.45) is 0 Å². The van der Waals surface area contributed by atoms with Crippen molar-refractivity contribution in [2.45, 2.75) is 64.4 Å². The van der Waals surface area contributed by atoms with E-state index >= 15 is 0 Å². The Bertz CT molecular complexity index is 1160. The number of ether oxygens (including phenoxy) is 1. The van der Waals surface area contributed by atoms with Crippen molar-refractivity contribution in [3.8, 4) is 5.75 Å². The average Bonchev–Trinajstić information content (AvgIpc) is 2.95. The predicted octanol–water partition coefficient (Wildman–Crippen LogP) is 9.10. The Balaban J connectivity index is 1.84. The first-order valence-corrected chi connectivity index (χ1v) is 18.2. The minimum absolute atomic E-state index is 0.0754. The molecule has 4 aromatic carbocycles. The summed E-state index contributed by atoms with van der Waals surface area (Å²) in [5, 5.41) is 0.708. The molecule has 200 valence electrons. The van der Waals surface area contributed by atoms with Gasteiger partial charge in [-0.3, -0.25) is 0 Å². The second-order valence-corrected chi connectivity index (χ2v) is 19.1. The van der Waals surface area contributed by atoms with Crippen LogP contribution in [-0.2, 0) is 6.16 Å². The molecule has 1 nitrogen and oxygen atoms in total. The fourth-order valence-electron chi connectivity index (χ4n) is 5.40. The molecule has 4 rings (SSSR count). The van der Waals surface area contributed by atoms with Crippen LogP contribution in [0.5, 0.6) is 5.75 Å². The number of halogens is 2. The number of hydrogen-bond donors (Lipinski definition) is 0. The molecular weight excluding hydrogens is 554 g/mol. The van der Waals surface area contributed by atoms with Crippen LogP contribution in [0.1, 0.15) is 51.5 Å². The van der Waals surface area contributed by atoms with Crippen LogP contribution in [-0.4, -0.2) is 12.3 Å². The molecule has 2 atom stereocenters. The van der Waals surface area contributed by atoms with Gasteiger partial charge in [0.25, 0.3) is 0 Å². The van der Waals surface area contributed by atoms with E-state index in [2.05, 4.69) is 138 Å². The summed E-state index contributed by atoms with van der Waals surface area (Å²) < 4.78 is 20.2. The molecule has 0 heterocycles. The summed E-state index contributed by atoms with van der Waals surface area (Å²) in [5.74, 6) is 0.926. The van der Waals surface area contributed by atoms with Gasteiger partial charge in [0.05, 0.1) is 0 Å². The van der Waals surface area contributed by atoms with Gasteiger partial charge in [0.2, 0.25) is 0 Å².